The molecule has 0 saturated carbocycles. The standard InChI is InChI=1S/C21H28N6O6/c1-11(2)17-20(30)24-15(18(22)28)7-8-23-14-6-5-12(27(32)33)10-13(14)21(31)26-9-3-4-16(26)19(29)25-17/h5-6,10-11,15-17,23H,3-4,7-9H2,1-2H3,(H2,22,28)(H,24,30)(H,25,29)/t15?,16?,17-/m0/s1. The number of non-ortho nitro benzene ring substituents is 1. The molecule has 1 aromatic rings. The van der Waals surface area contributed by atoms with Gasteiger partial charge in [0.2, 0.25) is 17.7 Å². The van der Waals surface area contributed by atoms with E-state index in [0.29, 0.717) is 25.1 Å². The summed E-state index contributed by atoms with van der Waals surface area (Å²) in [4.78, 5) is 63.3. The average molecular weight is 460 g/mol. The van der Waals surface area contributed by atoms with Crippen molar-refractivity contribution >= 4 is 35.0 Å². The summed E-state index contributed by atoms with van der Waals surface area (Å²) in [7, 11) is 0. The number of nitro groups is 1. The molecule has 2 unspecified atom stereocenters. The van der Waals surface area contributed by atoms with Crippen LogP contribution < -0.4 is 21.7 Å². The van der Waals surface area contributed by atoms with Crippen LogP contribution in [0.15, 0.2) is 18.2 Å². The zero-order valence-electron chi connectivity index (χ0n) is 18.5. The van der Waals surface area contributed by atoms with Gasteiger partial charge in [0.1, 0.15) is 18.1 Å². The van der Waals surface area contributed by atoms with Gasteiger partial charge < -0.3 is 26.6 Å². The lowest BCUT2D eigenvalue weighted by molar-refractivity contribution is -0.384. The lowest BCUT2D eigenvalue weighted by Gasteiger charge is -2.29. The zero-order valence-corrected chi connectivity index (χ0v) is 18.5. The van der Waals surface area contributed by atoms with Crippen molar-refractivity contribution in [3.8, 4) is 0 Å². The monoisotopic (exact) mass is 460 g/mol. The Morgan fingerprint density at radius 2 is 1.91 bits per heavy atom. The third-order valence-corrected chi connectivity index (χ3v) is 5.92. The zero-order chi connectivity index (χ0) is 24.3. The molecule has 3 rings (SSSR count). The Balaban J connectivity index is 2.03. The molecule has 2 aliphatic heterocycles. The minimum Gasteiger partial charge on any atom is -0.384 e. The van der Waals surface area contributed by atoms with E-state index >= 15 is 0 Å². The Morgan fingerprint density at radius 3 is 2.55 bits per heavy atom. The first-order valence-corrected chi connectivity index (χ1v) is 10.8. The topological polar surface area (TPSA) is 177 Å². The number of carbonyl (C=O) groups excluding carboxylic acids is 4. The highest BCUT2D eigenvalue weighted by molar-refractivity contribution is 6.03. The molecule has 3 atom stereocenters. The number of amides is 4. The van der Waals surface area contributed by atoms with Crippen LogP contribution in [0.4, 0.5) is 11.4 Å². The predicted molar refractivity (Wildman–Crippen MR) is 118 cm³/mol. The molecule has 178 valence electrons. The van der Waals surface area contributed by atoms with Gasteiger partial charge in [-0.2, -0.15) is 0 Å². The van der Waals surface area contributed by atoms with Crippen LogP contribution >= 0.6 is 0 Å². The largest absolute Gasteiger partial charge is 0.384 e. The SMILES string of the molecule is CC(C)[C@@H]1NC(=O)C2CCCN2C(=O)c2cc([N+](=O)[O-])ccc2NCCC(C(N)=O)NC1=O. The van der Waals surface area contributed by atoms with Crippen LogP contribution in [0.3, 0.4) is 0 Å². The van der Waals surface area contributed by atoms with Crippen molar-refractivity contribution in [2.75, 3.05) is 18.4 Å². The Bertz CT molecular complexity index is 980. The van der Waals surface area contributed by atoms with Gasteiger partial charge in [-0.25, -0.2) is 0 Å². The summed E-state index contributed by atoms with van der Waals surface area (Å²) < 4.78 is 0. The molecule has 1 saturated heterocycles. The molecular formula is C21H28N6O6. The molecule has 2 heterocycles. The number of hydrogen-bond donors (Lipinski definition) is 4. The van der Waals surface area contributed by atoms with Gasteiger partial charge in [-0.1, -0.05) is 13.8 Å². The van der Waals surface area contributed by atoms with Gasteiger partial charge in [-0.3, -0.25) is 29.3 Å². The number of nitrogens with one attached hydrogen (secondary N) is 3. The fourth-order valence-corrected chi connectivity index (χ4v) is 4.10. The molecule has 5 N–H and O–H groups in total. The normalized spacial score (nSPS) is 24.2. The highest BCUT2D eigenvalue weighted by Gasteiger charge is 2.38. The van der Waals surface area contributed by atoms with Gasteiger partial charge in [-0.05, 0) is 31.2 Å². The molecule has 0 bridgehead atoms. The highest BCUT2D eigenvalue weighted by Crippen LogP contribution is 2.28. The minimum atomic E-state index is -1.01. The lowest BCUT2D eigenvalue weighted by Crippen LogP contribution is -2.58. The Hall–Kier alpha value is -3.70. The number of carbonyl (C=O) groups is 4. The number of nitrogens with zero attached hydrogens (tertiary/aromatic N) is 2. The summed E-state index contributed by atoms with van der Waals surface area (Å²) in [5.41, 5.74) is 5.57. The number of nitrogens with two attached hydrogens (primary N) is 1. The van der Waals surface area contributed by atoms with Crippen LogP contribution in [-0.4, -0.2) is 64.7 Å². The number of benzene rings is 1. The van der Waals surface area contributed by atoms with E-state index < -0.39 is 46.7 Å². The molecule has 1 fully saturated rings. The first-order valence-electron chi connectivity index (χ1n) is 10.8. The van der Waals surface area contributed by atoms with Gasteiger partial charge in [-0.15, -0.1) is 0 Å². The van der Waals surface area contributed by atoms with Crippen LogP contribution in [0.1, 0.15) is 43.5 Å². The molecule has 1 aromatic carbocycles. The second-order valence-corrected chi connectivity index (χ2v) is 8.55. The molecule has 12 nitrogen and oxygen atoms in total. The first kappa shape index (κ1) is 24.0. The predicted octanol–water partition coefficient (Wildman–Crippen LogP) is 0.126. The maximum Gasteiger partial charge on any atom is 0.270 e. The molecule has 0 radical (unpaired) electrons. The fourth-order valence-electron chi connectivity index (χ4n) is 4.10. The summed E-state index contributed by atoms with van der Waals surface area (Å²) >= 11 is 0. The Labute approximate surface area is 190 Å². The number of fused-ring (bicyclic) bond motifs is 2. The van der Waals surface area contributed by atoms with Gasteiger partial charge in [0, 0.05) is 30.9 Å². The van der Waals surface area contributed by atoms with E-state index in [-0.39, 0.29) is 30.1 Å². The van der Waals surface area contributed by atoms with E-state index in [2.05, 4.69) is 16.0 Å². The number of hydrogen-bond acceptors (Lipinski definition) is 7. The van der Waals surface area contributed by atoms with Crippen LogP contribution in [-0.2, 0) is 14.4 Å². The van der Waals surface area contributed by atoms with Crippen molar-refractivity contribution in [2.24, 2.45) is 11.7 Å². The summed E-state index contributed by atoms with van der Waals surface area (Å²) in [6, 6.07) is 1.08. The quantitative estimate of drug-likeness (QED) is 0.366. The molecular weight excluding hydrogens is 432 g/mol. The fraction of sp³-hybridized carbons (Fsp3) is 0.524. The maximum atomic E-state index is 13.4. The third-order valence-electron chi connectivity index (χ3n) is 5.92. The van der Waals surface area contributed by atoms with Crippen LogP contribution in [0, 0.1) is 16.0 Å². The van der Waals surface area contributed by atoms with Crippen LogP contribution in [0.25, 0.3) is 0 Å². The number of nitro benzene ring substituents is 1. The van der Waals surface area contributed by atoms with E-state index in [1.807, 2.05) is 0 Å². The molecule has 4 amide bonds. The van der Waals surface area contributed by atoms with Gasteiger partial charge >= 0.3 is 0 Å². The number of anilines is 1. The first-order chi connectivity index (χ1) is 15.6. The van der Waals surface area contributed by atoms with E-state index in [1.165, 1.54) is 23.1 Å². The van der Waals surface area contributed by atoms with Crippen LogP contribution in [0.2, 0.25) is 0 Å². The number of rotatable bonds is 3. The smallest absolute Gasteiger partial charge is 0.270 e. The van der Waals surface area contributed by atoms with Crippen molar-refractivity contribution in [3.05, 3.63) is 33.9 Å². The van der Waals surface area contributed by atoms with Crippen molar-refractivity contribution in [2.45, 2.75) is 51.2 Å². The number of primary amides is 1. The second kappa shape index (κ2) is 9.84. The van der Waals surface area contributed by atoms with Crippen molar-refractivity contribution in [1.82, 2.24) is 15.5 Å². The summed E-state index contributed by atoms with van der Waals surface area (Å²) in [6.07, 6.45) is 1.08. The van der Waals surface area contributed by atoms with Gasteiger partial charge in [0.05, 0.1) is 10.5 Å². The highest BCUT2D eigenvalue weighted by atomic mass is 16.6. The Kier molecular flexibility index (Phi) is 7.14. The van der Waals surface area contributed by atoms with Gasteiger partial charge in [0.25, 0.3) is 11.6 Å². The lowest BCUT2D eigenvalue weighted by atomic mass is 10.0. The minimum absolute atomic E-state index is 0.0565. The molecule has 0 spiro atoms. The van der Waals surface area contributed by atoms with E-state index in [0.717, 1.165) is 0 Å². The summed E-state index contributed by atoms with van der Waals surface area (Å²) in [5.74, 6) is -2.59. The van der Waals surface area contributed by atoms with E-state index in [4.69, 9.17) is 5.73 Å². The van der Waals surface area contributed by atoms with Crippen molar-refractivity contribution in [1.29, 1.82) is 0 Å². The molecule has 0 aliphatic carbocycles. The summed E-state index contributed by atoms with van der Waals surface area (Å²) in [5, 5.41) is 19.6. The van der Waals surface area contributed by atoms with Crippen molar-refractivity contribution < 1.29 is 24.1 Å². The molecule has 33 heavy (non-hydrogen) atoms. The molecule has 12 heteroatoms. The molecule has 2 aliphatic rings. The second-order valence-electron chi connectivity index (χ2n) is 8.55. The van der Waals surface area contributed by atoms with Gasteiger partial charge in [0.15, 0.2) is 0 Å². The van der Waals surface area contributed by atoms with Crippen LogP contribution in [0.5, 0.6) is 0 Å². The van der Waals surface area contributed by atoms with E-state index in [1.54, 1.807) is 13.8 Å². The third kappa shape index (κ3) is 5.21. The van der Waals surface area contributed by atoms with Crippen molar-refractivity contribution in [3.63, 3.8) is 0 Å². The average Bonchev–Trinajstić information content (AvgIpc) is 3.25. The Morgan fingerprint density at radius 1 is 1.18 bits per heavy atom. The summed E-state index contributed by atoms with van der Waals surface area (Å²) in [6.45, 7) is 3.97. The maximum absolute atomic E-state index is 13.4. The molecule has 0 aromatic heterocycles. The van der Waals surface area contributed by atoms with E-state index in [9.17, 15) is 29.3 Å².